The van der Waals surface area contributed by atoms with Crippen LogP contribution in [0.4, 0.5) is 0 Å². The Bertz CT molecular complexity index is 483. The van der Waals surface area contributed by atoms with E-state index in [1.165, 1.54) is 36.6 Å². The van der Waals surface area contributed by atoms with Crippen molar-refractivity contribution in [3.05, 3.63) is 46.7 Å². The minimum atomic E-state index is 0.739. The normalized spacial score (nSPS) is 20.5. The molecule has 2 aromatic heterocycles. The Kier molecular flexibility index (Phi) is 4.20. The fraction of sp³-hybridized carbons (Fsp3) is 0.467. The standard InChI is InChI=1S/C15H19N3S/c1-2-6-16-14(5-1)10-13-4-3-8-18(11-13)12-15-17-7-9-19-15/h1-2,5-7,9,13H,3-4,8,10-12H2/t13-/m1/s1. The number of rotatable bonds is 4. The zero-order valence-electron chi connectivity index (χ0n) is 11.0. The van der Waals surface area contributed by atoms with E-state index in [0.717, 1.165) is 18.9 Å². The molecule has 1 aliphatic heterocycles. The first-order valence-electron chi connectivity index (χ1n) is 6.91. The summed E-state index contributed by atoms with van der Waals surface area (Å²) >= 11 is 1.76. The highest BCUT2D eigenvalue weighted by Crippen LogP contribution is 2.22. The molecule has 1 atom stereocenters. The Morgan fingerprint density at radius 2 is 2.26 bits per heavy atom. The zero-order chi connectivity index (χ0) is 12.9. The van der Waals surface area contributed by atoms with Gasteiger partial charge in [-0.3, -0.25) is 9.88 Å². The molecule has 0 amide bonds. The summed E-state index contributed by atoms with van der Waals surface area (Å²) in [6, 6.07) is 6.21. The Labute approximate surface area is 118 Å². The molecule has 0 radical (unpaired) electrons. The van der Waals surface area contributed by atoms with Gasteiger partial charge in [0.05, 0.1) is 6.54 Å². The van der Waals surface area contributed by atoms with Gasteiger partial charge in [0, 0.05) is 30.0 Å². The average molecular weight is 273 g/mol. The second kappa shape index (κ2) is 6.26. The second-order valence-corrected chi connectivity index (χ2v) is 6.17. The Balaban J connectivity index is 1.56. The highest BCUT2D eigenvalue weighted by Gasteiger charge is 2.21. The molecule has 0 spiro atoms. The van der Waals surface area contributed by atoms with Crippen LogP contribution in [0.1, 0.15) is 23.5 Å². The van der Waals surface area contributed by atoms with Crippen LogP contribution in [0.2, 0.25) is 0 Å². The minimum absolute atomic E-state index is 0.739. The quantitative estimate of drug-likeness (QED) is 0.857. The van der Waals surface area contributed by atoms with Crippen molar-refractivity contribution in [1.29, 1.82) is 0 Å². The van der Waals surface area contributed by atoms with Gasteiger partial charge in [0.1, 0.15) is 5.01 Å². The van der Waals surface area contributed by atoms with Crippen molar-refractivity contribution >= 4 is 11.3 Å². The van der Waals surface area contributed by atoms with Gasteiger partial charge in [-0.2, -0.15) is 0 Å². The molecule has 1 saturated heterocycles. The van der Waals surface area contributed by atoms with E-state index in [4.69, 9.17) is 0 Å². The van der Waals surface area contributed by atoms with E-state index in [1.54, 1.807) is 11.3 Å². The van der Waals surface area contributed by atoms with Crippen molar-refractivity contribution in [1.82, 2.24) is 14.9 Å². The molecule has 3 rings (SSSR count). The summed E-state index contributed by atoms with van der Waals surface area (Å²) in [6.07, 6.45) is 7.52. The van der Waals surface area contributed by atoms with Crippen LogP contribution < -0.4 is 0 Å². The van der Waals surface area contributed by atoms with Crippen molar-refractivity contribution < 1.29 is 0 Å². The number of thiazole rings is 1. The van der Waals surface area contributed by atoms with E-state index < -0.39 is 0 Å². The lowest BCUT2D eigenvalue weighted by molar-refractivity contribution is 0.166. The van der Waals surface area contributed by atoms with Gasteiger partial charge in [-0.05, 0) is 43.9 Å². The summed E-state index contributed by atoms with van der Waals surface area (Å²) < 4.78 is 0. The second-order valence-electron chi connectivity index (χ2n) is 5.19. The maximum absolute atomic E-state index is 4.44. The van der Waals surface area contributed by atoms with Gasteiger partial charge in [-0.15, -0.1) is 11.3 Å². The third-order valence-electron chi connectivity index (χ3n) is 3.67. The fourth-order valence-electron chi connectivity index (χ4n) is 2.80. The lowest BCUT2D eigenvalue weighted by Gasteiger charge is -2.32. The highest BCUT2D eigenvalue weighted by molar-refractivity contribution is 7.09. The first-order valence-corrected chi connectivity index (χ1v) is 7.79. The van der Waals surface area contributed by atoms with E-state index in [-0.39, 0.29) is 0 Å². The van der Waals surface area contributed by atoms with Crippen LogP contribution in [0.5, 0.6) is 0 Å². The zero-order valence-corrected chi connectivity index (χ0v) is 11.9. The first-order chi connectivity index (χ1) is 9.40. The minimum Gasteiger partial charge on any atom is -0.296 e. The van der Waals surface area contributed by atoms with Gasteiger partial charge in [0.25, 0.3) is 0 Å². The molecule has 0 bridgehead atoms. The molecular formula is C15H19N3S. The molecule has 3 heterocycles. The summed E-state index contributed by atoms with van der Waals surface area (Å²) in [7, 11) is 0. The number of hydrogen-bond acceptors (Lipinski definition) is 4. The van der Waals surface area contributed by atoms with Crippen LogP contribution in [-0.4, -0.2) is 28.0 Å². The van der Waals surface area contributed by atoms with Crippen LogP contribution in [-0.2, 0) is 13.0 Å². The lowest BCUT2D eigenvalue weighted by atomic mass is 9.93. The van der Waals surface area contributed by atoms with Gasteiger partial charge in [-0.1, -0.05) is 6.07 Å². The third-order valence-corrected chi connectivity index (χ3v) is 4.43. The van der Waals surface area contributed by atoms with Crippen LogP contribution in [0.25, 0.3) is 0 Å². The molecule has 4 heteroatoms. The molecule has 1 aliphatic rings. The van der Waals surface area contributed by atoms with E-state index in [1.807, 2.05) is 18.5 Å². The average Bonchev–Trinajstić information content (AvgIpc) is 2.93. The van der Waals surface area contributed by atoms with Crippen LogP contribution in [0, 0.1) is 5.92 Å². The van der Waals surface area contributed by atoms with Crippen molar-refractivity contribution in [3.8, 4) is 0 Å². The topological polar surface area (TPSA) is 29.0 Å². The molecule has 0 unspecified atom stereocenters. The Morgan fingerprint density at radius 1 is 1.26 bits per heavy atom. The van der Waals surface area contributed by atoms with Crippen molar-refractivity contribution in [2.24, 2.45) is 5.92 Å². The summed E-state index contributed by atoms with van der Waals surface area (Å²) in [4.78, 5) is 11.4. The maximum Gasteiger partial charge on any atom is 0.107 e. The summed E-state index contributed by atoms with van der Waals surface area (Å²) in [5.74, 6) is 0.739. The first kappa shape index (κ1) is 12.8. The molecule has 100 valence electrons. The number of nitrogens with zero attached hydrogens (tertiary/aromatic N) is 3. The SMILES string of the molecule is c1ccc(C[C@H]2CCCN(Cc3nccs3)C2)nc1. The van der Waals surface area contributed by atoms with Crippen molar-refractivity contribution in [2.45, 2.75) is 25.8 Å². The molecule has 3 nitrogen and oxygen atoms in total. The largest absolute Gasteiger partial charge is 0.296 e. The van der Waals surface area contributed by atoms with E-state index >= 15 is 0 Å². The number of pyridine rings is 1. The maximum atomic E-state index is 4.44. The third kappa shape index (κ3) is 3.61. The molecule has 0 N–H and O–H groups in total. The van der Waals surface area contributed by atoms with Crippen molar-refractivity contribution in [3.63, 3.8) is 0 Å². The lowest BCUT2D eigenvalue weighted by Crippen LogP contribution is -2.35. The molecular weight excluding hydrogens is 254 g/mol. The van der Waals surface area contributed by atoms with Gasteiger partial charge < -0.3 is 0 Å². The van der Waals surface area contributed by atoms with E-state index in [0.29, 0.717) is 0 Å². The van der Waals surface area contributed by atoms with E-state index in [2.05, 4.69) is 32.4 Å². The number of aromatic nitrogens is 2. The summed E-state index contributed by atoms with van der Waals surface area (Å²) in [5.41, 5.74) is 1.23. The fourth-order valence-corrected chi connectivity index (χ4v) is 3.46. The predicted octanol–water partition coefficient (Wildman–Crippen LogP) is 2.99. The van der Waals surface area contributed by atoms with Crippen LogP contribution >= 0.6 is 11.3 Å². The summed E-state index contributed by atoms with van der Waals surface area (Å²) in [5, 5.41) is 3.29. The van der Waals surface area contributed by atoms with Crippen LogP contribution in [0.3, 0.4) is 0 Å². The molecule has 0 aromatic carbocycles. The number of piperidine rings is 1. The molecule has 1 fully saturated rings. The van der Waals surface area contributed by atoms with Crippen molar-refractivity contribution in [2.75, 3.05) is 13.1 Å². The molecule has 0 saturated carbocycles. The summed E-state index contributed by atoms with van der Waals surface area (Å²) in [6.45, 7) is 3.39. The Hall–Kier alpha value is -1.26. The number of likely N-dealkylation sites (tertiary alicyclic amines) is 1. The Morgan fingerprint density at radius 3 is 3.05 bits per heavy atom. The molecule has 19 heavy (non-hydrogen) atoms. The monoisotopic (exact) mass is 273 g/mol. The molecule has 2 aromatic rings. The predicted molar refractivity (Wildman–Crippen MR) is 78.1 cm³/mol. The highest BCUT2D eigenvalue weighted by atomic mass is 32.1. The van der Waals surface area contributed by atoms with E-state index in [9.17, 15) is 0 Å². The smallest absolute Gasteiger partial charge is 0.107 e. The van der Waals surface area contributed by atoms with Gasteiger partial charge in [0.15, 0.2) is 0 Å². The van der Waals surface area contributed by atoms with Gasteiger partial charge in [-0.25, -0.2) is 4.98 Å². The van der Waals surface area contributed by atoms with Gasteiger partial charge >= 0.3 is 0 Å². The van der Waals surface area contributed by atoms with Gasteiger partial charge in [0.2, 0.25) is 0 Å². The van der Waals surface area contributed by atoms with Crippen LogP contribution in [0.15, 0.2) is 36.0 Å². The molecule has 0 aliphatic carbocycles. The number of hydrogen-bond donors (Lipinski definition) is 0.